The Hall–Kier alpha value is -0.870. The van der Waals surface area contributed by atoms with E-state index in [1.54, 1.807) is 7.11 Å². The molecule has 4 heteroatoms. The molecule has 1 aromatic heterocycles. The molecule has 2 rings (SSSR count). The lowest BCUT2D eigenvalue weighted by Crippen LogP contribution is -2.33. The van der Waals surface area contributed by atoms with Gasteiger partial charge in [-0.05, 0) is 38.3 Å². The van der Waals surface area contributed by atoms with Crippen LogP contribution < -0.4 is 5.32 Å². The number of methoxy groups -OCH3 is 1. The van der Waals surface area contributed by atoms with Crippen molar-refractivity contribution >= 4 is 0 Å². The van der Waals surface area contributed by atoms with Gasteiger partial charge >= 0.3 is 0 Å². The summed E-state index contributed by atoms with van der Waals surface area (Å²) in [6.45, 7) is 3.90. The molecule has 0 saturated heterocycles. The molecule has 1 unspecified atom stereocenters. The minimum atomic E-state index is 0.437. The SMILES string of the molecule is CCNC(CCc1ccn(C2CCCC2)n1)COC. The van der Waals surface area contributed by atoms with Gasteiger partial charge in [-0.2, -0.15) is 5.10 Å². The van der Waals surface area contributed by atoms with E-state index >= 15 is 0 Å². The second kappa shape index (κ2) is 7.65. The van der Waals surface area contributed by atoms with Crippen LogP contribution in [0.15, 0.2) is 12.3 Å². The second-order valence-electron chi connectivity index (χ2n) is 5.47. The van der Waals surface area contributed by atoms with Gasteiger partial charge in [0.2, 0.25) is 0 Å². The average molecular weight is 265 g/mol. The number of hydrogen-bond donors (Lipinski definition) is 1. The van der Waals surface area contributed by atoms with Crippen molar-refractivity contribution in [3.63, 3.8) is 0 Å². The van der Waals surface area contributed by atoms with E-state index in [9.17, 15) is 0 Å². The predicted octanol–water partition coefficient (Wildman–Crippen LogP) is 2.56. The summed E-state index contributed by atoms with van der Waals surface area (Å²) in [6.07, 6.45) is 9.58. The summed E-state index contributed by atoms with van der Waals surface area (Å²) in [5, 5.41) is 8.19. The minimum absolute atomic E-state index is 0.437. The maximum absolute atomic E-state index is 5.24. The van der Waals surface area contributed by atoms with Gasteiger partial charge in [-0.1, -0.05) is 19.8 Å². The molecule has 1 aliphatic rings. The lowest BCUT2D eigenvalue weighted by Gasteiger charge is -2.16. The molecule has 1 N–H and O–H groups in total. The summed E-state index contributed by atoms with van der Waals surface area (Å²) in [4.78, 5) is 0. The quantitative estimate of drug-likeness (QED) is 0.785. The number of ether oxygens (including phenoxy) is 1. The molecule has 0 amide bonds. The van der Waals surface area contributed by atoms with Crippen molar-refractivity contribution < 1.29 is 4.74 Å². The Morgan fingerprint density at radius 1 is 1.47 bits per heavy atom. The molecule has 108 valence electrons. The zero-order valence-corrected chi connectivity index (χ0v) is 12.3. The van der Waals surface area contributed by atoms with Gasteiger partial charge in [0.15, 0.2) is 0 Å². The van der Waals surface area contributed by atoms with Crippen molar-refractivity contribution in [3.05, 3.63) is 18.0 Å². The Morgan fingerprint density at radius 2 is 2.26 bits per heavy atom. The number of likely N-dealkylation sites (N-methyl/N-ethyl adjacent to an activating group) is 1. The summed E-state index contributed by atoms with van der Waals surface area (Å²) in [7, 11) is 1.76. The van der Waals surface area contributed by atoms with Gasteiger partial charge in [0.1, 0.15) is 0 Å². The van der Waals surface area contributed by atoms with E-state index in [1.165, 1.54) is 31.4 Å². The van der Waals surface area contributed by atoms with Crippen LogP contribution in [0.1, 0.15) is 50.8 Å². The van der Waals surface area contributed by atoms with Crippen LogP contribution in [-0.4, -0.2) is 36.1 Å². The number of aryl methyl sites for hydroxylation is 1. The van der Waals surface area contributed by atoms with Gasteiger partial charge in [-0.25, -0.2) is 0 Å². The Bertz CT molecular complexity index is 352. The average Bonchev–Trinajstić information content (AvgIpc) is 3.07. The first-order chi connectivity index (χ1) is 9.33. The molecule has 0 spiro atoms. The van der Waals surface area contributed by atoms with Crippen LogP contribution in [0.2, 0.25) is 0 Å². The first kappa shape index (κ1) is 14.5. The van der Waals surface area contributed by atoms with E-state index in [0.29, 0.717) is 12.1 Å². The van der Waals surface area contributed by atoms with Gasteiger partial charge in [0.05, 0.1) is 18.3 Å². The summed E-state index contributed by atoms with van der Waals surface area (Å²) in [6, 6.07) is 3.26. The fourth-order valence-electron chi connectivity index (χ4n) is 2.94. The monoisotopic (exact) mass is 265 g/mol. The smallest absolute Gasteiger partial charge is 0.0625 e. The highest BCUT2D eigenvalue weighted by atomic mass is 16.5. The lowest BCUT2D eigenvalue weighted by atomic mass is 10.1. The highest BCUT2D eigenvalue weighted by Crippen LogP contribution is 2.28. The predicted molar refractivity (Wildman–Crippen MR) is 77.4 cm³/mol. The van der Waals surface area contributed by atoms with Crippen LogP contribution in [0.25, 0.3) is 0 Å². The lowest BCUT2D eigenvalue weighted by molar-refractivity contribution is 0.163. The zero-order valence-electron chi connectivity index (χ0n) is 12.3. The number of nitrogens with zero attached hydrogens (tertiary/aromatic N) is 2. The molecule has 0 aliphatic heterocycles. The van der Waals surface area contributed by atoms with Crippen molar-refractivity contribution in [1.82, 2.24) is 15.1 Å². The Kier molecular flexibility index (Phi) is 5.86. The summed E-state index contributed by atoms with van der Waals surface area (Å²) < 4.78 is 7.42. The molecule has 1 heterocycles. The first-order valence-electron chi connectivity index (χ1n) is 7.59. The van der Waals surface area contributed by atoms with E-state index in [1.807, 2.05) is 0 Å². The highest BCUT2D eigenvalue weighted by molar-refractivity contribution is 5.01. The molecule has 0 bridgehead atoms. The largest absolute Gasteiger partial charge is 0.383 e. The van der Waals surface area contributed by atoms with Gasteiger partial charge < -0.3 is 10.1 Å². The fourth-order valence-corrected chi connectivity index (χ4v) is 2.94. The fraction of sp³-hybridized carbons (Fsp3) is 0.800. The highest BCUT2D eigenvalue weighted by Gasteiger charge is 2.17. The van der Waals surface area contributed by atoms with Gasteiger partial charge in [0, 0.05) is 19.3 Å². The topological polar surface area (TPSA) is 39.1 Å². The van der Waals surface area contributed by atoms with E-state index in [2.05, 4.69) is 29.2 Å². The molecule has 4 nitrogen and oxygen atoms in total. The van der Waals surface area contributed by atoms with Crippen LogP contribution in [-0.2, 0) is 11.2 Å². The second-order valence-corrected chi connectivity index (χ2v) is 5.47. The third-order valence-electron chi connectivity index (χ3n) is 3.97. The molecular formula is C15H27N3O. The Balaban J connectivity index is 1.81. The number of hydrogen-bond acceptors (Lipinski definition) is 3. The first-order valence-corrected chi connectivity index (χ1v) is 7.59. The van der Waals surface area contributed by atoms with Crippen LogP contribution in [0.4, 0.5) is 0 Å². The third-order valence-corrected chi connectivity index (χ3v) is 3.97. The van der Waals surface area contributed by atoms with Crippen LogP contribution in [0.3, 0.4) is 0 Å². The maximum Gasteiger partial charge on any atom is 0.0625 e. The van der Waals surface area contributed by atoms with Gasteiger partial charge in [-0.15, -0.1) is 0 Å². The molecule has 0 aromatic carbocycles. The van der Waals surface area contributed by atoms with Crippen LogP contribution in [0.5, 0.6) is 0 Å². The van der Waals surface area contributed by atoms with Crippen molar-refractivity contribution in [2.45, 2.75) is 57.5 Å². The molecule has 1 aliphatic carbocycles. The third kappa shape index (κ3) is 4.32. The zero-order chi connectivity index (χ0) is 13.5. The molecule has 1 fully saturated rings. The van der Waals surface area contributed by atoms with Crippen LogP contribution in [0, 0.1) is 0 Å². The maximum atomic E-state index is 5.24. The van der Waals surface area contributed by atoms with Crippen molar-refractivity contribution in [2.24, 2.45) is 0 Å². The van der Waals surface area contributed by atoms with Gasteiger partial charge in [0.25, 0.3) is 0 Å². The van der Waals surface area contributed by atoms with Crippen molar-refractivity contribution in [1.29, 1.82) is 0 Å². The number of rotatable bonds is 8. The molecule has 1 saturated carbocycles. The standard InChI is InChI=1S/C15H27N3O/c1-3-16-14(12-19-2)9-8-13-10-11-18(17-13)15-6-4-5-7-15/h10-11,14-16H,3-9,12H2,1-2H3. The molecule has 1 aromatic rings. The molecule has 1 atom stereocenters. The number of nitrogens with one attached hydrogen (secondary N) is 1. The molecular weight excluding hydrogens is 238 g/mol. The Labute approximate surface area is 116 Å². The van der Waals surface area contributed by atoms with Crippen molar-refractivity contribution in [2.75, 3.05) is 20.3 Å². The minimum Gasteiger partial charge on any atom is -0.383 e. The number of aromatic nitrogens is 2. The van der Waals surface area contributed by atoms with E-state index < -0.39 is 0 Å². The Morgan fingerprint density at radius 3 is 2.95 bits per heavy atom. The van der Waals surface area contributed by atoms with Crippen molar-refractivity contribution in [3.8, 4) is 0 Å². The normalized spacial score (nSPS) is 18.0. The van der Waals surface area contributed by atoms with Crippen LogP contribution >= 0.6 is 0 Å². The summed E-state index contributed by atoms with van der Waals surface area (Å²) in [5.41, 5.74) is 1.21. The van der Waals surface area contributed by atoms with E-state index in [4.69, 9.17) is 9.84 Å². The summed E-state index contributed by atoms with van der Waals surface area (Å²) >= 11 is 0. The molecule has 0 radical (unpaired) electrons. The molecule has 19 heavy (non-hydrogen) atoms. The van der Waals surface area contributed by atoms with E-state index in [-0.39, 0.29) is 0 Å². The van der Waals surface area contributed by atoms with E-state index in [0.717, 1.165) is 26.0 Å². The van der Waals surface area contributed by atoms with Gasteiger partial charge in [-0.3, -0.25) is 4.68 Å². The summed E-state index contributed by atoms with van der Waals surface area (Å²) in [5.74, 6) is 0.